The summed E-state index contributed by atoms with van der Waals surface area (Å²) in [6.07, 6.45) is 0.639. The number of likely N-dealkylation sites (tertiary alicyclic amines) is 1. The lowest BCUT2D eigenvalue weighted by atomic mass is 10.0. The highest BCUT2D eigenvalue weighted by Gasteiger charge is 2.44. The number of benzene rings is 1. The zero-order chi connectivity index (χ0) is 18.8. The molecule has 0 N–H and O–H groups in total. The summed E-state index contributed by atoms with van der Waals surface area (Å²) < 4.78 is 24.4. The normalized spacial score (nSPS) is 19.9. The third kappa shape index (κ3) is 2.94. The van der Waals surface area contributed by atoms with Crippen LogP contribution in [-0.2, 0) is 4.74 Å². The molecule has 8 heteroatoms. The Labute approximate surface area is 150 Å². The Hall–Kier alpha value is -2.82. The minimum Gasteiger partial charge on any atom is -0.497 e. The first-order chi connectivity index (χ1) is 12.5. The Morgan fingerprint density at radius 3 is 2.65 bits per heavy atom. The highest BCUT2D eigenvalue weighted by molar-refractivity contribution is 6.00. The van der Waals surface area contributed by atoms with Crippen molar-refractivity contribution in [2.24, 2.45) is 0 Å². The van der Waals surface area contributed by atoms with Gasteiger partial charge < -0.3 is 19.3 Å². The maximum absolute atomic E-state index is 14.4. The van der Waals surface area contributed by atoms with E-state index in [4.69, 9.17) is 9.47 Å². The Bertz CT molecular complexity index is 768. The molecule has 0 aromatic heterocycles. The van der Waals surface area contributed by atoms with Crippen LogP contribution in [0.5, 0.6) is 5.75 Å². The fraction of sp³-hybridized carbons (Fsp3) is 0.500. The average Bonchev–Trinajstić information content (AvgIpc) is 2.94. The SMILES string of the molecule is CCOC(=O)N1CCC(N2C(=O)c3c(F)cc(OC)cc3C2C#N)CC1. The number of amides is 2. The van der Waals surface area contributed by atoms with E-state index in [2.05, 4.69) is 6.07 Å². The maximum Gasteiger partial charge on any atom is 0.409 e. The van der Waals surface area contributed by atoms with Crippen LogP contribution >= 0.6 is 0 Å². The van der Waals surface area contributed by atoms with E-state index < -0.39 is 17.8 Å². The summed E-state index contributed by atoms with van der Waals surface area (Å²) in [5, 5.41) is 9.60. The minimum atomic E-state index is -0.860. The lowest BCUT2D eigenvalue weighted by Gasteiger charge is -2.37. The number of carbonyl (C=O) groups excluding carboxylic acids is 2. The third-order valence-electron chi connectivity index (χ3n) is 4.86. The number of hydrogen-bond acceptors (Lipinski definition) is 5. The smallest absolute Gasteiger partial charge is 0.409 e. The summed E-state index contributed by atoms with van der Waals surface area (Å²) in [6.45, 7) is 2.89. The van der Waals surface area contributed by atoms with Crippen LogP contribution in [0, 0.1) is 17.1 Å². The second-order valence-electron chi connectivity index (χ2n) is 6.23. The van der Waals surface area contributed by atoms with Gasteiger partial charge in [-0.25, -0.2) is 9.18 Å². The van der Waals surface area contributed by atoms with E-state index in [1.807, 2.05) is 0 Å². The molecule has 1 atom stereocenters. The van der Waals surface area contributed by atoms with Crippen molar-refractivity contribution in [3.8, 4) is 11.8 Å². The van der Waals surface area contributed by atoms with Gasteiger partial charge in [-0.1, -0.05) is 0 Å². The number of halogens is 1. The molecule has 2 heterocycles. The molecule has 1 unspecified atom stereocenters. The summed E-state index contributed by atoms with van der Waals surface area (Å²) in [4.78, 5) is 27.6. The molecule has 26 heavy (non-hydrogen) atoms. The fourth-order valence-electron chi connectivity index (χ4n) is 3.61. The average molecular weight is 361 g/mol. The van der Waals surface area contributed by atoms with Crippen molar-refractivity contribution in [2.75, 3.05) is 26.8 Å². The van der Waals surface area contributed by atoms with Gasteiger partial charge in [-0.2, -0.15) is 5.26 Å². The topological polar surface area (TPSA) is 82.9 Å². The summed E-state index contributed by atoms with van der Waals surface area (Å²) in [6, 6.07) is 3.70. The Kier molecular flexibility index (Phi) is 4.98. The molecule has 138 valence electrons. The molecular weight excluding hydrogens is 341 g/mol. The quantitative estimate of drug-likeness (QED) is 0.826. The van der Waals surface area contributed by atoms with Gasteiger partial charge >= 0.3 is 6.09 Å². The van der Waals surface area contributed by atoms with Crippen LogP contribution in [0.15, 0.2) is 12.1 Å². The van der Waals surface area contributed by atoms with E-state index >= 15 is 0 Å². The van der Waals surface area contributed by atoms with E-state index in [1.54, 1.807) is 11.8 Å². The van der Waals surface area contributed by atoms with E-state index in [-0.39, 0.29) is 23.4 Å². The molecule has 0 saturated carbocycles. The van der Waals surface area contributed by atoms with Gasteiger partial charge in [-0.3, -0.25) is 4.79 Å². The molecule has 1 aromatic carbocycles. The molecule has 3 rings (SSSR count). The number of hydrogen-bond donors (Lipinski definition) is 0. The first kappa shape index (κ1) is 18.0. The van der Waals surface area contributed by atoms with Crippen molar-refractivity contribution < 1.29 is 23.5 Å². The number of nitrogens with zero attached hydrogens (tertiary/aromatic N) is 3. The van der Waals surface area contributed by atoms with Gasteiger partial charge in [0, 0.05) is 30.8 Å². The van der Waals surface area contributed by atoms with Gasteiger partial charge in [0.1, 0.15) is 17.6 Å². The van der Waals surface area contributed by atoms with E-state index in [0.29, 0.717) is 38.1 Å². The lowest BCUT2D eigenvalue weighted by molar-refractivity contribution is 0.0520. The standard InChI is InChI=1S/C18H20FN3O4/c1-3-26-18(24)21-6-4-11(5-7-21)22-15(10-20)13-8-12(25-2)9-14(19)16(13)17(22)23/h8-9,11,15H,3-7H2,1-2H3. The van der Waals surface area contributed by atoms with Gasteiger partial charge in [0.05, 0.1) is 25.3 Å². The van der Waals surface area contributed by atoms with Gasteiger partial charge in [-0.05, 0) is 25.8 Å². The van der Waals surface area contributed by atoms with Gasteiger partial charge in [0.15, 0.2) is 0 Å². The van der Waals surface area contributed by atoms with Crippen LogP contribution in [0.3, 0.4) is 0 Å². The third-order valence-corrected chi connectivity index (χ3v) is 4.86. The zero-order valence-corrected chi connectivity index (χ0v) is 14.7. The van der Waals surface area contributed by atoms with Gasteiger partial charge in [0.25, 0.3) is 5.91 Å². The van der Waals surface area contributed by atoms with E-state index in [1.165, 1.54) is 18.1 Å². The molecule has 0 radical (unpaired) electrons. The number of methoxy groups -OCH3 is 1. The van der Waals surface area contributed by atoms with Crippen LogP contribution in [0.2, 0.25) is 0 Å². The van der Waals surface area contributed by atoms with Crippen LogP contribution in [0.25, 0.3) is 0 Å². The first-order valence-corrected chi connectivity index (χ1v) is 8.53. The van der Waals surface area contributed by atoms with Crippen molar-refractivity contribution in [3.05, 3.63) is 29.1 Å². The molecule has 2 amide bonds. The van der Waals surface area contributed by atoms with Crippen molar-refractivity contribution in [1.82, 2.24) is 9.80 Å². The van der Waals surface area contributed by atoms with Gasteiger partial charge in [0.2, 0.25) is 0 Å². The largest absolute Gasteiger partial charge is 0.497 e. The lowest BCUT2D eigenvalue weighted by Crippen LogP contribution is -2.48. The number of ether oxygens (including phenoxy) is 2. The second-order valence-corrected chi connectivity index (χ2v) is 6.23. The van der Waals surface area contributed by atoms with E-state index in [9.17, 15) is 19.2 Å². The van der Waals surface area contributed by atoms with Crippen LogP contribution in [-0.4, -0.2) is 54.6 Å². The molecule has 2 aliphatic heterocycles. The van der Waals surface area contributed by atoms with Crippen LogP contribution < -0.4 is 4.74 Å². The summed E-state index contributed by atoms with van der Waals surface area (Å²) in [5.41, 5.74) is 0.271. The highest BCUT2D eigenvalue weighted by Crippen LogP contribution is 2.40. The molecule has 1 aromatic rings. The van der Waals surface area contributed by atoms with Crippen LogP contribution in [0.1, 0.15) is 41.7 Å². The summed E-state index contributed by atoms with van der Waals surface area (Å²) >= 11 is 0. The molecule has 7 nitrogen and oxygen atoms in total. The number of carbonyl (C=O) groups is 2. The van der Waals surface area contributed by atoms with Gasteiger partial charge in [-0.15, -0.1) is 0 Å². The van der Waals surface area contributed by atoms with Crippen molar-refractivity contribution in [3.63, 3.8) is 0 Å². The number of fused-ring (bicyclic) bond motifs is 1. The Balaban J connectivity index is 1.82. The predicted octanol–water partition coefficient (Wildman–Crippen LogP) is 2.48. The summed E-state index contributed by atoms with van der Waals surface area (Å²) in [5.74, 6) is -0.898. The zero-order valence-electron chi connectivity index (χ0n) is 14.7. The van der Waals surface area contributed by atoms with Crippen molar-refractivity contribution in [1.29, 1.82) is 5.26 Å². The molecule has 0 bridgehead atoms. The molecule has 1 fully saturated rings. The fourth-order valence-corrected chi connectivity index (χ4v) is 3.61. The maximum atomic E-state index is 14.4. The molecule has 0 spiro atoms. The second kappa shape index (κ2) is 7.20. The Morgan fingerprint density at radius 1 is 1.38 bits per heavy atom. The number of piperidine rings is 1. The predicted molar refractivity (Wildman–Crippen MR) is 89.1 cm³/mol. The first-order valence-electron chi connectivity index (χ1n) is 8.53. The highest BCUT2D eigenvalue weighted by atomic mass is 19.1. The molecule has 0 aliphatic carbocycles. The Morgan fingerprint density at radius 2 is 2.08 bits per heavy atom. The summed E-state index contributed by atoms with van der Waals surface area (Å²) in [7, 11) is 1.40. The molecular formula is C18H20FN3O4. The van der Waals surface area contributed by atoms with Crippen molar-refractivity contribution in [2.45, 2.75) is 31.8 Å². The monoisotopic (exact) mass is 361 g/mol. The molecule has 2 aliphatic rings. The minimum absolute atomic E-state index is 0.0647. The molecule has 1 saturated heterocycles. The number of rotatable bonds is 3. The van der Waals surface area contributed by atoms with Crippen molar-refractivity contribution >= 4 is 12.0 Å². The van der Waals surface area contributed by atoms with E-state index in [0.717, 1.165) is 6.07 Å². The van der Waals surface area contributed by atoms with Crippen LogP contribution in [0.4, 0.5) is 9.18 Å². The number of nitriles is 1.